The largest absolute Gasteiger partial charge is 0.316 e. The van der Waals surface area contributed by atoms with E-state index in [1.165, 1.54) is 19.5 Å². The van der Waals surface area contributed by atoms with Gasteiger partial charge < -0.3 is 10.6 Å². The third kappa shape index (κ3) is 1.21. The minimum absolute atomic E-state index is 0.708. The topological polar surface area (TPSA) is 24.1 Å². The SMILES string of the molecule is CN[C@H]1CC=C[C@H]2CNC[C@@H]12. The molecule has 0 radical (unpaired) electrons. The van der Waals surface area contributed by atoms with Gasteiger partial charge in [-0.05, 0) is 25.3 Å². The molecular weight excluding hydrogens is 136 g/mol. The van der Waals surface area contributed by atoms with Gasteiger partial charge in [-0.3, -0.25) is 0 Å². The molecule has 0 unspecified atom stereocenters. The van der Waals surface area contributed by atoms with Crippen LogP contribution < -0.4 is 10.6 Å². The zero-order valence-electron chi connectivity index (χ0n) is 7.01. The molecule has 0 aromatic carbocycles. The van der Waals surface area contributed by atoms with Crippen LogP contribution in [-0.4, -0.2) is 26.2 Å². The van der Waals surface area contributed by atoms with Gasteiger partial charge in [0.2, 0.25) is 0 Å². The molecule has 1 heterocycles. The first kappa shape index (κ1) is 7.32. The van der Waals surface area contributed by atoms with Crippen LogP contribution in [0.3, 0.4) is 0 Å². The Labute approximate surface area is 68.1 Å². The summed E-state index contributed by atoms with van der Waals surface area (Å²) in [5.74, 6) is 1.63. The Morgan fingerprint density at radius 3 is 3.18 bits per heavy atom. The highest BCUT2D eigenvalue weighted by Crippen LogP contribution is 2.27. The van der Waals surface area contributed by atoms with Crippen molar-refractivity contribution in [1.29, 1.82) is 0 Å². The number of hydrogen-bond acceptors (Lipinski definition) is 2. The molecule has 1 aliphatic heterocycles. The summed E-state index contributed by atoms with van der Waals surface area (Å²) in [5.41, 5.74) is 0. The molecule has 1 saturated heterocycles. The number of rotatable bonds is 1. The van der Waals surface area contributed by atoms with Crippen LogP contribution in [0.1, 0.15) is 6.42 Å². The third-order valence-corrected chi connectivity index (χ3v) is 2.97. The standard InChI is InChI=1S/C9H16N2/c1-10-9-4-2-3-7-5-11-6-8(7)9/h2-3,7-11H,4-6H2,1H3/t7-,8+,9-/m0/s1. The summed E-state index contributed by atoms with van der Waals surface area (Å²) >= 11 is 0. The molecule has 0 aromatic rings. The lowest BCUT2D eigenvalue weighted by molar-refractivity contribution is 0.339. The number of hydrogen-bond donors (Lipinski definition) is 2. The molecule has 62 valence electrons. The van der Waals surface area contributed by atoms with Gasteiger partial charge in [0.05, 0.1) is 0 Å². The van der Waals surface area contributed by atoms with Gasteiger partial charge in [-0.1, -0.05) is 12.2 Å². The number of fused-ring (bicyclic) bond motifs is 1. The molecule has 2 rings (SSSR count). The van der Waals surface area contributed by atoms with E-state index in [1.54, 1.807) is 0 Å². The quantitative estimate of drug-likeness (QED) is 0.530. The van der Waals surface area contributed by atoms with Crippen molar-refractivity contribution in [2.75, 3.05) is 20.1 Å². The van der Waals surface area contributed by atoms with Gasteiger partial charge in [0.15, 0.2) is 0 Å². The molecule has 0 aromatic heterocycles. The van der Waals surface area contributed by atoms with E-state index in [4.69, 9.17) is 0 Å². The fourth-order valence-corrected chi connectivity index (χ4v) is 2.28. The fourth-order valence-electron chi connectivity index (χ4n) is 2.28. The molecule has 2 aliphatic rings. The van der Waals surface area contributed by atoms with E-state index in [-0.39, 0.29) is 0 Å². The Morgan fingerprint density at radius 2 is 2.36 bits per heavy atom. The average molecular weight is 152 g/mol. The Morgan fingerprint density at radius 1 is 1.45 bits per heavy atom. The maximum atomic E-state index is 3.44. The highest BCUT2D eigenvalue weighted by Gasteiger charge is 2.32. The Hall–Kier alpha value is -0.340. The van der Waals surface area contributed by atoms with Crippen LogP contribution in [0, 0.1) is 11.8 Å². The van der Waals surface area contributed by atoms with Crippen LogP contribution in [0.5, 0.6) is 0 Å². The summed E-state index contributed by atoms with van der Waals surface area (Å²) < 4.78 is 0. The Balaban J connectivity index is 2.09. The lowest BCUT2D eigenvalue weighted by Crippen LogP contribution is -2.38. The van der Waals surface area contributed by atoms with Crippen molar-refractivity contribution >= 4 is 0 Å². The average Bonchev–Trinajstić information content (AvgIpc) is 2.50. The molecule has 0 spiro atoms. The van der Waals surface area contributed by atoms with Gasteiger partial charge in [-0.2, -0.15) is 0 Å². The van der Waals surface area contributed by atoms with Crippen LogP contribution in [-0.2, 0) is 0 Å². The van der Waals surface area contributed by atoms with Gasteiger partial charge in [-0.15, -0.1) is 0 Å². The third-order valence-electron chi connectivity index (χ3n) is 2.97. The summed E-state index contributed by atoms with van der Waals surface area (Å²) in [5, 5.41) is 6.82. The fraction of sp³-hybridized carbons (Fsp3) is 0.778. The zero-order chi connectivity index (χ0) is 7.68. The lowest BCUT2D eigenvalue weighted by Gasteiger charge is -2.28. The lowest BCUT2D eigenvalue weighted by atomic mass is 9.83. The molecule has 0 amide bonds. The van der Waals surface area contributed by atoms with Crippen LogP contribution >= 0.6 is 0 Å². The summed E-state index contributed by atoms with van der Waals surface area (Å²) in [7, 11) is 2.07. The van der Waals surface area contributed by atoms with E-state index in [9.17, 15) is 0 Å². The van der Waals surface area contributed by atoms with Crippen molar-refractivity contribution in [3.8, 4) is 0 Å². The molecule has 2 nitrogen and oxygen atoms in total. The predicted molar refractivity (Wildman–Crippen MR) is 46.5 cm³/mol. The van der Waals surface area contributed by atoms with Crippen LogP contribution in [0.4, 0.5) is 0 Å². The van der Waals surface area contributed by atoms with Crippen molar-refractivity contribution in [1.82, 2.24) is 10.6 Å². The zero-order valence-corrected chi connectivity index (χ0v) is 7.01. The van der Waals surface area contributed by atoms with E-state index < -0.39 is 0 Å². The molecule has 0 saturated carbocycles. The first-order chi connectivity index (χ1) is 5.42. The second-order valence-electron chi connectivity index (χ2n) is 3.54. The maximum Gasteiger partial charge on any atom is 0.0145 e. The molecular formula is C9H16N2. The Kier molecular flexibility index (Phi) is 1.96. The second kappa shape index (κ2) is 2.95. The predicted octanol–water partition coefficient (Wildman–Crippen LogP) is 0.370. The van der Waals surface area contributed by atoms with Crippen LogP contribution in [0.15, 0.2) is 12.2 Å². The van der Waals surface area contributed by atoms with Crippen molar-refractivity contribution < 1.29 is 0 Å². The van der Waals surface area contributed by atoms with E-state index >= 15 is 0 Å². The van der Waals surface area contributed by atoms with Gasteiger partial charge in [-0.25, -0.2) is 0 Å². The molecule has 1 fully saturated rings. The maximum absolute atomic E-state index is 3.44. The van der Waals surface area contributed by atoms with E-state index in [0.717, 1.165) is 11.8 Å². The molecule has 1 aliphatic carbocycles. The smallest absolute Gasteiger partial charge is 0.0145 e. The monoisotopic (exact) mass is 152 g/mol. The summed E-state index contributed by atoms with van der Waals surface area (Å²) in [6, 6.07) is 0.708. The highest BCUT2D eigenvalue weighted by molar-refractivity contribution is 5.06. The van der Waals surface area contributed by atoms with Crippen molar-refractivity contribution in [2.45, 2.75) is 12.5 Å². The minimum Gasteiger partial charge on any atom is -0.316 e. The Bertz CT molecular complexity index is 165. The van der Waals surface area contributed by atoms with Gasteiger partial charge in [0.1, 0.15) is 0 Å². The molecule has 3 atom stereocenters. The van der Waals surface area contributed by atoms with E-state index in [2.05, 4.69) is 29.8 Å². The summed E-state index contributed by atoms with van der Waals surface area (Å²) in [4.78, 5) is 0. The van der Waals surface area contributed by atoms with Crippen LogP contribution in [0.25, 0.3) is 0 Å². The summed E-state index contributed by atoms with van der Waals surface area (Å²) in [6.07, 6.45) is 5.90. The van der Waals surface area contributed by atoms with Gasteiger partial charge >= 0.3 is 0 Å². The van der Waals surface area contributed by atoms with Crippen molar-refractivity contribution in [3.05, 3.63) is 12.2 Å². The van der Waals surface area contributed by atoms with Gasteiger partial charge in [0, 0.05) is 19.1 Å². The van der Waals surface area contributed by atoms with E-state index in [0.29, 0.717) is 6.04 Å². The van der Waals surface area contributed by atoms with E-state index in [1.807, 2.05) is 0 Å². The first-order valence-corrected chi connectivity index (χ1v) is 4.46. The van der Waals surface area contributed by atoms with Crippen molar-refractivity contribution in [3.63, 3.8) is 0 Å². The van der Waals surface area contributed by atoms with Crippen molar-refractivity contribution in [2.24, 2.45) is 11.8 Å². The molecule has 2 N–H and O–H groups in total. The first-order valence-electron chi connectivity index (χ1n) is 4.46. The number of nitrogens with one attached hydrogen (secondary N) is 2. The molecule has 11 heavy (non-hydrogen) atoms. The minimum atomic E-state index is 0.708. The second-order valence-corrected chi connectivity index (χ2v) is 3.54. The molecule has 0 bridgehead atoms. The molecule has 2 heteroatoms. The highest BCUT2D eigenvalue weighted by atomic mass is 15.0. The van der Waals surface area contributed by atoms with Crippen LogP contribution in [0.2, 0.25) is 0 Å². The van der Waals surface area contributed by atoms with Gasteiger partial charge in [0.25, 0.3) is 0 Å². The normalized spacial score (nSPS) is 42.5. The summed E-state index contributed by atoms with van der Waals surface area (Å²) in [6.45, 7) is 2.37.